The minimum atomic E-state index is -1.92. The molecule has 27 atom stereocenters. The molecule has 13 N–H and O–H groups in total. The van der Waals surface area contributed by atoms with Gasteiger partial charge in [0.1, 0.15) is 67.1 Å². The van der Waals surface area contributed by atoms with Crippen molar-refractivity contribution >= 4 is 0 Å². The predicted molar refractivity (Wildman–Crippen MR) is 239 cm³/mol. The highest BCUT2D eigenvalue weighted by Gasteiger charge is 2.73. The highest BCUT2D eigenvalue weighted by Crippen LogP contribution is 2.76. The van der Waals surface area contributed by atoms with Crippen LogP contribution in [0.3, 0.4) is 0 Å². The molecule has 398 valence electrons. The molecule has 7 fully saturated rings. The second-order valence-electron chi connectivity index (χ2n) is 23.8. The van der Waals surface area contributed by atoms with Gasteiger partial charge in [0.05, 0.1) is 56.9 Å². The average Bonchev–Trinajstić information content (AvgIpc) is 3.30. The Morgan fingerprint density at radius 1 is 0.609 bits per heavy atom. The second-order valence-corrected chi connectivity index (χ2v) is 23.8. The minimum Gasteiger partial charge on any atom is -0.396 e. The summed E-state index contributed by atoms with van der Waals surface area (Å²) < 4.78 is 43.4. The van der Waals surface area contributed by atoms with Crippen LogP contribution in [0.25, 0.3) is 0 Å². The molecule has 4 saturated carbocycles. The number of aliphatic hydroxyl groups excluding tert-OH is 13. The van der Waals surface area contributed by atoms with Crippen molar-refractivity contribution in [1.29, 1.82) is 0 Å². The van der Waals surface area contributed by atoms with Crippen LogP contribution < -0.4 is 0 Å². The Morgan fingerprint density at radius 2 is 1.19 bits per heavy atom. The topological polar surface area (TPSA) is 328 Å². The molecule has 20 nitrogen and oxygen atoms in total. The van der Waals surface area contributed by atoms with Crippen molar-refractivity contribution in [1.82, 2.24) is 0 Å². The average molecular weight is 991 g/mol. The number of hydrogen-bond donors (Lipinski definition) is 13. The SMILES string of the molecule is CO[C@H]1C[C@]2(C)C(=C[C@@H](O)[C@H]3[C@@]4(C)CC[C@H](O[C@H]5O[C@@H](C)[C@@H](O)[C@@H](O[C@@H]6O[C@H](CO)[C@@H](O)[C@H](O)[C@H]6O)[C@@H]5O[C@@H]5O[C@H](CO)[C@@H](O)[C@H](O)[C@H]5O)[C@@](C)(CO)[C@H]4CC[C@]32C)[C@@H]2CC(C)(C)[C@H](O)C[C@]12CO. The minimum absolute atomic E-state index is 0.155. The van der Waals surface area contributed by atoms with Crippen LogP contribution in [0.15, 0.2) is 11.6 Å². The molecule has 0 radical (unpaired) electrons. The molecular formula is C49H82O20. The lowest BCUT2D eigenvalue weighted by molar-refractivity contribution is -0.398. The molecule has 3 heterocycles. The lowest BCUT2D eigenvalue weighted by Crippen LogP contribution is -2.71. The van der Waals surface area contributed by atoms with E-state index in [1.54, 1.807) is 7.11 Å². The van der Waals surface area contributed by atoms with E-state index < -0.39 is 156 Å². The zero-order valence-corrected chi connectivity index (χ0v) is 41.2. The third-order valence-corrected chi connectivity index (χ3v) is 20.0. The van der Waals surface area contributed by atoms with E-state index in [2.05, 4.69) is 34.6 Å². The van der Waals surface area contributed by atoms with Gasteiger partial charge in [0.15, 0.2) is 18.9 Å². The van der Waals surface area contributed by atoms with Gasteiger partial charge in [-0.25, -0.2) is 0 Å². The van der Waals surface area contributed by atoms with Crippen LogP contribution in [0.1, 0.15) is 93.4 Å². The number of aliphatic hydroxyl groups is 13. The molecule has 0 spiro atoms. The van der Waals surface area contributed by atoms with E-state index in [0.717, 1.165) is 5.57 Å². The van der Waals surface area contributed by atoms with Crippen molar-refractivity contribution in [3.05, 3.63) is 11.6 Å². The van der Waals surface area contributed by atoms with E-state index >= 15 is 0 Å². The first-order valence-corrected chi connectivity index (χ1v) is 25.0. The maximum atomic E-state index is 12.7. The smallest absolute Gasteiger partial charge is 0.187 e. The van der Waals surface area contributed by atoms with Gasteiger partial charge in [-0.05, 0) is 85.4 Å². The van der Waals surface area contributed by atoms with E-state index in [4.69, 9.17) is 33.2 Å². The molecule has 0 bridgehead atoms. The molecule has 69 heavy (non-hydrogen) atoms. The number of hydrogen-bond acceptors (Lipinski definition) is 20. The van der Waals surface area contributed by atoms with Gasteiger partial charge in [0.25, 0.3) is 0 Å². The normalized spacial score (nSPS) is 56.3. The lowest BCUT2D eigenvalue weighted by Gasteiger charge is -2.73. The van der Waals surface area contributed by atoms with Crippen molar-refractivity contribution in [2.75, 3.05) is 33.5 Å². The second kappa shape index (κ2) is 19.3. The van der Waals surface area contributed by atoms with Gasteiger partial charge in [-0.2, -0.15) is 0 Å². The maximum Gasteiger partial charge on any atom is 0.187 e. The first-order chi connectivity index (χ1) is 32.3. The van der Waals surface area contributed by atoms with Crippen molar-refractivity contribution in [2.24, 2.45) is 50.2 Å². The van der Waals surface area contributed by atoms with Crippen molar-refractivity contribution in [3.63, 3.8) is 0 Å². The largest absolute Gasteiger partial charge is 0.396 e. The molecule has 0 aromatic rings. The fraction of sp³-hybridized carbons (Fsp3) is 0.959. The Hall–Kier alpha value is -1.06. The Labute approximate surface area is 404 Å². The molecule has 3 saturated heterocycles. The molecule has 0 unspecified atom stereocenters. The van der Waals surface area contributed by atoms with E-state index in [0.29, 0.717) is 44.9 Å². The quantitative estimate of drug-likeness (QED) is 0.0801. The number of rotatable bonds is 11. The monoisotopic (exact) mass is 991 g/mol. The van der Waals surface area contributed by atoms with Gasteiger partial charge >= 0.3 is 0 Å². The zero-order valence-electron chi connectivity index (χ0n) is 41.2. The predicted octanol–water partition coefficient (Wildman–Crippen LogP) is -1.82. The van der Waals surface area contributed by atoms with Crippen LogP contribution in [0, 0.1) is 50.2 Å². The van der Waals surface area contributed by atoms with E-state index in [1.165, 1.54) is 6.92 Å². The maximum absolute atomic E-state index is 12.7. The Morgan fingerprint density at radius 3 is 1.72 bits per heavy atom. The fourth-order valence-electron chi connectivity index (χ4n) is 15.6. The van der Waals surface area contributed by atoms with E-state index in [-0.39, 0.29) is 37.1 Å². The van der Waals surface area contributed by atoms with Crippen LogP contribution in [0.5, 0.6) is 0 Å². The zero-order chi connectivity index (χ0) is 50.7. The summed E-state index contributed by atoms with van der Waals surface area (Å²) in [6.45, 7) is 12.2. The summed E-state index contributed by atoms with van der Waals surface area (Å²) in [5.41, 5.74) is -2.63. The summed E-state index contributed by atoms with van der Waals surface area (Å²) >= 11 is 0. The van der Waals surface area contributed by atoms with Gasteiger partial charge in [0, 0.05) is 23.9 Å². The summed E-state index contributed by atoms with van der Waals surface area (Å²) in [5.74, 6) is -0.706. The Balaban J connectivity index is 1.12. The van der Waals surface area contributed by atoms with Gasteiger partial charge in [0.2, 0.25) is 0 Å². The standard InChI is InChI=1S/C49H82O20/c1-21-31(56)38(68-41-36(61)34(59)32(57)25(17-50)65-41)39(69-42-37(62)35(60)33(58)26(18-51)66-42)43(64-21)67-29-10-11-45(4)27(46(29,5)19-52)9-12-47(6)40(45)24(54)13-22-23-14-44(2,3)28(55)15-49(23,20-53)30(63-8)16-48(22,47)7/h13,21,23-43,50-62H,9-12,14-20H2,1-8H3/t21-,23-,24+,25+,26+,27-,28+,29-,30-,31+,32+,33+,34-,35-,36+,37+,38+,39-,40-,41-,42-,43+,45-,46-,47+,48+,49+/m0/s1. The molecule has 5 aliphatic carbocycles. The highest BCUT2D eigenvalue weighted by molar-refractivity contribution is 5.37. The summed E-state index contributed by atoms with van der Waals surface area (Å²) in [4.78, 5) is 0. The molecule has 20 heteroatoms. The number of methoxy groups -OCH3 is 1. The Kier molecular flexibility index (Phi) is 15.1. The number of allylic oxidation sites excluding steroid dienone is 1. The van der Waals surface area contributed by atoms with Crippen LogP contribution in [-0.2, 0) is 33.2 Å². The van der Waals surface area contributed by atoms with E-state index in [9.17, 15) is 66.4 Å². The van der Waals surface area contributed by atoms with Crippen molar-refractivity contribution in [2.45, 2.75) is 210 Å². The Bertz CT molecular complexity index is 1840. The summed E-state index contributed by atoms with van der Waals surface area (Å²) in [6.07, 6.45) is -21.7. The molecular weight excluding hydrogens is 909 g/mol. The van der Waals surface area contributed by atoms with Crippen molar-refractivity contribution in [3.8, 4) is 0 Å². The molecule has 0 aromatic carbocycles. The fourth-order valence-corrected chi connectivity index (χ4v) is 15.6. The summed E-state index contributed by atoms with van der Waals surface area (Å²) in [6, 6.07) is 0. The van der Waals surface area contributed by atoms with Gasteiger partial charge in [-0.3, -0.25) is 0 Å². The third kappa shape index (κ3) is 8.25. The summed E-state index contributed by atoms with van der Waals surface area (Å²) in [5, 5.41) is 143. The lowest BCUT2D eigenvalue weighted by atomic mass is 9.32. The summed E-state index contributed by atoms with van der Waals surface area (Å²) in [7, 11) is 1.67. The molecule has 8 rings (SSSR count). The van der Waals surface area contributed by atoms with Gasteiger partial charge in [-0.15, -0.1) is 0 Å². The van der Waals surface area contributed by atoms with Gasteiger partial charge in [-0.1, -0.05) is 53.2 Å². The first-order valence-electron chi connectivity index (χ1n) is 25.0. The molecule has 8 aliphatic rings. The van der Waals surface area contributed by atoms with Crippen LogP contribution in [-0.4, -0.2) is 216 Å². The van der Waals surface area contributed by atoms with Crippen LogP contribution in [0.2, 0.25) is 0 Å². The first kappa shape index (κ1) is 54.2. The number of fused-ring (bicyclic) bond motifs is 7. The number of ether oxygens (including phenoxy) is 7. The van der Waals surface area contributed by atoms with Gasteiger partial charge < -0.3 is 99.5 Å². The molecule has 0 aromatic heterocycles. The highest BCUT2D eigenvalue weighted by atomic mass is 16.8. The molecule has 3 aliphatic heterocycles. The van der Waals surface area contributed by atoms with E-state index in [1.807, 2.05) is 13.0 Å². The van der Waals surface area contributed by atoms with Crippen LogP contribution in [0.4, 0.5) is 0 Å². The molecule has 0 amide bonds. The van der Waals surface area contributed by atoms with Crippen LogP contribution >= 0.6 is 0 Å². The van der Waals surface area contributed by atoms with Crippen molar-refractivity contribution < 1.29 is 99.5 Å². The third-order valence-electron chi connectivity index (χ3n) is 20.0.